The summed E-state index contributed by atoms with van der Waals surface area (Å²) in [6.45, 7) is 2.01. The average Bonchev–Trinajstić information content (AvgIpc) is 1.85. The molecule has 0 aromatic heterocycles. The second-order valence-electron chi connectivity index (χ2n) is 1.22. The number of nitrogens with zero attached hydrogens (tertiary/aromatic N) is 1. The molecule has 0 atom stereocenters. The molecule has 0 aliphatic heterocycles. The van der Waals surface area contributed by atoms with E-state index in [4.69, 9.17) is 11.6 Å². The SMILES string of the molecule is CCSC(N)=[NH+]/C=N/N.[Br-]. The lowest BCUT2D eigenvalue weighted by Gasteiger charge is -1.86. The van der Waals surface area contributed by atoms with Crippen LogP contribution in [0.5, 0.6) is 0 Å². The summed E-state index contributed by atoms with van der Waals surface area (Å²) < 4.78 is 0. The van der Waals surface area contributed by atoms with Gasteiger partial charge in [-0.1, -0.05) is 18.7 Å². The van der Waals surface area contributed by atoms with Gasteiger partial charge < -0.3 is 22.7 Å². The summed E-state index contributed by atoms with van der Waals surface area (Å²) in [6.07, 6.45) is 1.35. The molecule has 0 aliphatic carbocycles. The fourth-order valence-electron chi connectivity index (χ4n) is 0.298. The third-order valence-electron chi connectivity index (χ3n) is 0.581. The smallest absolute Gasteiger partial charge is 0.252 e. The first-order valence-corrected chi connectivity index (χ1v) is 3.53. The molecule has 0 heterocycles. The number of amidine groups is 1. The summed E-state index contributed by atoms with van der Waals surface area (Å²) >= 11 is 1.51. The Morgan fingerprint density at radius 3 is 2.80 bits per heavy atom. The summed E-state index contributed by atoms with van der Waals surface area (Å²) in [4.78, 5) is 2.67. The van der Waals surface area contributed by atoms with Crippen molar-refractivity contribution in [2.24, 2.45) is 16.7 Å². The molecular formula is C4H11BrN4S. The minimum Gasteiger partial charge on any atom is -1.00 e. The van der Waals surface area contributed by atoms with E-state index in [9.17, 15) is 0 Å². The van der Waals surface area contributed by atoms with Crippen molar-refractivity contribution in [1.29, 1.82) is 0 Å². The molecule has 0 fully saturated rings. The van der Waals surface area contributed by atoms with E-state index in [-0.39, 0.29) is 17.0 Å². The minimum absolute atomic E-state index is 0. The molecule has 4 nitrogen and oxygen atoms in total. The highest BCUT2D eigenvalue weighted by atomic mass is 79.9. The Labute approximate surface area is 74.9 Å². The molecule has 0 aromatic rings. The molecule has 0 aliphatic rings. The maximum absolute atomic E-state index is 5.39. The van der Waals surface area contributed by atoms with Crippen molar-refractivity contribution in [2.45, 2.75) is 6.92 Å². The van der Waals surface area contributed by atoms with Crippen molar-refractivity contribution in [1.82, 2.24) is 0 Å². The van der Waals surface area contributed by atoms with Crippen LogP contribution in [0.4, 0.5) is 0 Å². The molecule has 0 radical (unpaired) electrons. The summed E-state index contributed by atoms with van der Waals surface area (Å²) in [6, 6.07) is 0. The lowest BCUT2D eigenvalue weighted by Crippen LogP contribution is -3.00. The summed E-state index contributed by atoms with van der Waals surface area (Å²) in [5.41, 5.74) is 5.39. The van der Waals surface area contributed by atoms with Gasteiger partial charge in [0, 0.05) is 5.75 Å². The zero-order valence-electron chi connectivity index (χ0n) is 5.67. The number of nitrogens with two attached hydrogens (primary N) is 2. The number of thioether (sulfide) groups is 1. The molecular weight excluding hydrogens is 216 g/mol. The van der Waals surface area contributed by atoms with Crippen molar-refractivity contribution >= 4 is 23.3 Å². The lowest BCUT2D eigenvalue weighted by atomic mass is 11.0. The molecule has 0 spiro atoms. The molecule has 0 saturated carbocycles. The number of halogens is 1. The predicted octanol–water partition coefficient (Wildman–Crippen LogP) is -4.96. The van der Waals surface area contributed by atoms with Gasteiger partial charge in [-0.15, -0.1) is 0 Å². The van der Waals surface area contributed by atoms with Crippen LogP contribution >= 0.6 is 11.8 Å². The van der Waals surface area contributed by atoms with Crippen molar-refractivity contribution < 1.29 is 22.0 Å². The molecule has 5 N–H and O–H groups in total. The van der Waals surface area contributed by atoms with Crippen molar-refractivity contribution in [3.63, 3.8) is 0 Å². The van der Waals surface area contributed by atoms with Crippen LogP contribution in [0.25, 0.3) is 0 Å². The molecule has 0 aromatic carbocycles. The van der Waals surface area contributed by atoms with Crippen LogP contribution in [0.1, 0.15) is 6.92 Å². The minimum atomic E-state index is 0. The fourth-order valence-corrected chi connectivity index (χ4v) is 0.745. The van der Waals surface area contributed by atoms with Crippen LogP contribution in [-0.4, -0.2) is 17.3 Å². The van der Waals surface area contributed by atoms with Gasteiger partial charge in [0.2, 0.25) is 6.34 Å². The van der Waals surface area contributed by atoms with Gasteiger partial charge in [-0.25, -0.2) is 4.99 Å². The quantitative estimate of drug-likeness (QED) is 0.191. The third kappa shape index (κ3) is 7.77. The number of hydrazone groups is 1. The Balaban J connectivity index is 0. The molecule has 0 rings (SSSR count). The average molecular weight is 227 g/mol. The van der Waals surface area contributed by atoms with Gasteiger partial charge in [0.25, 0.3) is 5.17 Å². The molecule has 0 unspecified atom stereocenters. The zero-order valence-corrected chi connectivity index (χ0v) is 8.08. The summed E-state index contributed by atoms with van der Waals surface area (Å²) in [5, 5.41) is 3.82. The highest BCUT2D eigenvalue weighted by molar-refractivity contribution is 8.13. The Morgan fingerprint density at radius 2 is 2.40 bits per heavy atom. The summed E-state index contributed by atoms with van der Waals surface area (Å²) in [5.74, 6) is 5.74. The van der Waals surface area contributed by atoms with Crippen LogP contribution in [0.2, 0.25) is 0 Å². The predicted molar refractivity (Wildman–Crippen MR) is 41.0 cm³/mol. The highest BCUT2D eigenvalue weighted by Gasteiger charge is 1.89. The van der Waals surface area contributed by atoms with E-state index in [1.807, 2.05) is 6.92 Å². The standard InChI is InChI=1S/C4H10N4S.BrH/c1-2-9-4(5)7-3-8-6;/h3H,2,6H2,1H3,(H2,5,7,8);1H. The van der Waals surface area contributed by atoms with E-state index in [0.717, 1.165) is 5.75 Å². The number of hydrogen-bond donors (Lipinski definition) is 3. The largest absolute Gasteiger partial charge is 1.00 e. The van der Waals surface area contributed by atoms with E-state index in [0.29, 0.717) is 5.17 Å². The summed E-state index contributed by atoms with van der Waals surface area (Å²) in [7, 11) is 0. The Bertz CT molecular complexity index is 124. The van der Waals surface area contributed by atoms with E-state index in [1.165, 1.54) is 18.1 Å². The van der Waals surface area contributed by atoms with Crippen molar-refractivity contribution in [3.8, 4) is 0 Å². The van der Waals surface area contributed by atoms with E-state index < -0.39 is 0 Å². The van der Waals surface area contributed by atoms with Crippen LogP contribution in [0.3, 0.4) is 0 Å². The maximum Gasteiger partial charge on any atom is 0.252 e. The molecule has 10 heavy (non-hydrogen) atoms. The Kier molecular flexibility index (Phi) is 10.9. The van der Waals surface area contributed by atoms with Crippen LogP contribution in [0, 0.1) is 0 Å². The first-order chi connectivity index (χ1) is 4.31. The fraction of sp³-hybridized carbons (Fsp3) is 0.500. The first-order valence-electron chi connectivity index (χ1n) is 2.54. The topological polar surface area (TPSA) is 78.4 Å². The van der Waals surface area contributed by atoms with Gasteiger partial charge in [0.15, 0.2) is 0 Å². The van der Waals surface area contributed by atoms with Gasteiger partial charge in [-0.3, -0.25) is 5.84 Å². The monoisotopic (exact) mass is 226 g/mol. The van der Waals surface area contributed by atoms with Gasteiger partial charge >= 0.3 is 0 Å². The normalized spacial score (nSPS) is 11.5. The van der Waals surface area contributed by atoms with Gasteiger partial charge in [0.1, 0.15) is 0 Å². The van der Waals surface area contributed by atoms with Gasteiger partial charge in [0.05, 0.1) is 0 Å². The van der Waals surface area contributed by atoms with Gasteiger partial charge in [-0.05, 0) is 5.10 Å². The number of nitrogens with one attached hydrogen (secondary N) is 1. The van der Waals surface area contributed by atoms with E-state index in [1.54, 1.807) is 0 Å². The molecule has 0 amide bonds. The van der Waals surface area contributed by atoms with Crippen LogP contribution in [0.15, 0.2) is 5.10 Å². The highest BCUT2D eigenvalue weighted by Crippen LogP contribution is 1.90. The maximum atomic E-state index is 5.39. The zero-order chi connectivity index (χ0) is 7.11. The Morgan fingerprint density at radius 1 is 1.80 bits per heavy atom. The van der Waals surface area contributed by atoms with Crippen molar-refractivity contribution in [3.05, 3.63) is 0 Å². The second-order valence-corrected chi connectivity index (χ2v) is 2.53. The van der Waals surface area contributed by atoms with Gasteiger partial charge in [-0.2, -0.15) is 0 Å². The van der Waals surface area contributed by atoms with Crippen LogP contribution < -0.4 is 33.6 Å². The first kappa shape index (κ1) is 12.4. The third-order valence-corrected chi connectivity index (χ3v) is 1.30. The number of rotatable bonds is 2. The molecule has 60 valence electrons. The molecule has 6 heteroatoms. The molecule has 0 bridgehead atoms. The lowest BCUT2D eigenvalue weighted by molar-refractivity contribution is -0.301. The van der Waals surface area contributed by atoms with E-state index >= 15 is 0 Å². The Hall–Kier alpha value is -0.230. The number of hydrogen-bond acceptors (Lipinski definition) is 3. The second kappa shape index (κ2) is 8.77. The van der Waals surface area contributed by atoms with Crippen molar-refractivity contribution in [2.75, 3.05) is 5.75 Å². The molecule has 0 saturated heterocycles. The van der Waals surface area contributed by atoms with E-state index in [2.05, 4.69) is 10.1 Å². The van der Waals surface area contributed by atoms with Crippen LogP contribution in [-0.2, 0) is 0 Å².